The third kappa shape index (κ3) is 13.1. The highest BCUT2D eigenvalue weighted by molar-refractivity contribution is 6.00. The molecule has 2 aliphatic rings. The van der Waals surface area contributed by atoms with Gasteiger partial charge in [-0.15, -0.1) is 0 Å². The Morgan fingerprint density at radius 2 is 0.882 bits per heavy atom. The van der Waals surface area contributed by atoms with Gasteiger partial charge in [-0.25, -0.2) is 4.79 Å². The summed E-state index contributed by atoms with van der Waals surface area (Å²) in [4.78, 5) is 54.0. The maximum absolute atomic E-state index is 12.9. The van der Waals surface area contributed by atoms with Crippen LogP contribution < -0.4 is 26.2 Å². The topological polar surface area (TPSA) is 145 Å². The zero-order chi connectivity index (χ0) is 51.6. The third-order valence-electron chi connectivity index (χ3n) is 14.0. The van der Waals surface area contributed by atoms with E-state index in [2.05, 4.69) is 56.8 Å². The molecule has 2 atom stereocenters. The number of nitrogens with two attached hydrogens (primary N) is 1. The van der Waals surface area contributed by atoms with Gasteiger partial charge in [0.2, 0.25) is 5.91 Å². The van der Waals surface area contributed by atoms with Crippen molar-refractivity contribution in [1.29, 1.82) is 0 Å². The highest BCUT2D eigenvalue weighted by Gasteiger charge is 2.22. The number of amides is 3. The molecule has 10 nitrogen and oxygen atoms in total. The van der Waals surface area contributed by atoms with Gasteiger partial charge in [0.05, 0.1) is 17.6 Å². The van der Waals surface area contributed by atoms with Crippen molar-refractivity contribution >= 4 is 35.1 Å². The Hall–Kier alpha value is -8.76. The van der Waals surface area contributed by atoms with Crippen molar-refractivity contribution in [1.82, 2.24) is 10.6 Å². The molecule has 0 aromatic heterocycles. The summed E-state index contributed by atoms with van der Waals surface area (Å²) in [5.74, 6) is -1.46. The second-order valence-electron chi connectivity index (χ2n) is 19.1. The number of carboxylic acid groups (broad SMARTS) is 1. The van der Waals surface area contributed by atoms with Gasteiger partial charge >= 0.3 is 5.97 Å². The number of fused-ring (bicyclic) bond motifs is 2. The Kier molecular flexibility index (Phi) is 18.4. The second-order valence-corrected chi connectivity index (χ2v) is 19.1. The molecule has 2 heterocycles. The highest BCUT2D eigenvalue weighted by Crippen LogP contribution is 2.33. The maximum Gasteiger partial charge on any atom is 0.336 e. The first-order chi connectivity index (χ1) is 36.0. The summed E-state index contributed by atoms with van der Waals surface area (Å²) in [6.07, 6.45) is 3.99. The molecule has 0 saturated heterocycles. The summed E-state index contributed by atoms with van der Waals surface area (Å²) < 4.78 is 0. The lowest BCUT2D eigenvalue weighted by Gasteiger charge is -2.32. The minimum Gasteiger partial charge on any atom is -0.478 e. The van der Waals surface area contributed by atoms with Gasteiger partial charge in [-0.3, -0.25) is 14.4 Å². The average molecular weight is 1010 g/mol. The Labute approximate surface area is 448 Å². The van der Waals surface area contributed by atoms with E-state index < -0.39 is 11.9 Å². The maximum atomic E-state index is 12.9. The number of nitrogens with one attached hydrogen (secondary N) is 2. The van der Waals surface area contributed by atoms with E-state index >= 15 is 0 Å². The van der Waals surface area contributed by atoms with Gasteiger partial charge in [0.25, 0.3) is 11.8 Å². The molecule has 2 aliphatic heterocycles. The summed E-state index contributed by atoms with van der Waals surface area (Å²) in [7, 11) is 0. The molecule has 0 aliphatic carbocycles. The number of hydrogen-bond donors (Lipinski definition) is 4. The lowest BCUT2D eigenvalue weighted by molar-refractivity contribution is 0.0696. The molecular formula is C66H69N5O5. The van der Waals surface area contributed by atoms with Gasteiger partial charge in [-0.05, 0) is 144 Å². The van der Waals surface area contributed by atoms with Crippen molar-refractivity contribution in [3.8, 4) is 22.3 Å². The van der Waals surface area contributed by atoms with Gasteiger partial charge < -0.3 is 31.3 Å². The van der Waals surface area contributed by atoms with Gasteiger partial charge in [-0.2, -0.15) is 0 Å². The van der Waals surface area contributed by atoms with Crippen LogP contribution in [0.15, 0.2) is 194 Å². The lowest BCUT2D eigenvalue weighted by Crippen LogP contribution is -2.30. The van der Waals surface area contributed by atoms with Crippen LogP contribution in [0.2, 0.25) is 0 Å². The number of primary amides is 1. The fraction of sp³-hybridized carbons (Fsp3) is 0.212. The van der Waals surface area contributed by atoms with Crippen LogP contribution in [0.4, 0.5) is 11.4 Å². The van der Waals surface area contributed by atoms with Crippen LogP contribution in [0.1, 0.15) is 128 Å². The number of hydrogen-bond acceptors (Lipinski definition) is 6. The van der Waals surface area contributed by atoms with Gasteiger partial charge in [0, 0.05) is 54.2 Å². The van der Waals surface area contributed by atoms with Crippen molar-refractivity contribution in [3.05, 3.63) is 250 Å². The largest absolute Gasteiger partial charge is 0.478 e. The van der Waals surface area contributed by atoms with Crippen LogP contribution in [0, 0.1) is 0 Å². The first-order valence-electron chi connectivity index (χ1n) is 25.4. The summed E-state index contributed by atoms with van der Waals surface area (Å²) in [6.45, 7) is 7.46. The van der Waals surface area contributed by atoms with Crippen LogP contribution in [-0.4, -0.2) is 41.9 Å². The fourth-order valence-electron chi connectivity index (χ4n) is 10.1. The van der Waals surface area contributed by atoms with Crippen molar-refractivity contribution in [2.45, 2.75) is 79.6 Å². The van der Waals surface area contributed by atoms with E-state index in [9.17, 15) is 24.3 Å². The average Bonchev–Trinajstić information content (AvgIpc) is 3.44. The number of carbonyl (C=O) groups excluding carboxylic acids is 3. The molecule has 3 amide bonds. The van der Waals surface area contributed by atoms with Crippen LogP contribution in [0.25, 0.3) is 22.3 Å². The second kappa shape index (κ2) is 25.5. The van der Waals surface area contributed by atoms with Crippen LogP contribution in [0.3, 0.4) is 0 Å². The van der Waals surface area contributed by atoms with E-state index in [0.717, 1.165) is 90.8 Å². The fourth-order valence-corrected chi connectivity index (χ4v) is 10.1. The van der Waals surface area contributed by atoms with Crippen LogP contribution in [-0.2, 0) is 25.9 Å². The van der Waals surface area contributed by atoms with E-state index in [-0.39, 0.29) is 38.8 Å². The number of aryl methyl sites for hydroxylation is 2. The standard InChI is InChI=1S/C32H31N3O2.C32H30N2O3.2CH4/c1-22(24-8-3-2-4-9-24)34-32(37)27-17-18-30-26(20-27)10-7-19-35(30)21-23-13-15-25(16-14-23)28-11-5-6-12-29(28)31(33)36;1-22(24-8-3-2-4-9-24)33-31(35)27-17-18-30-26(20-27)10-7-19-34(30)21-23-13-15-25(16-14-23)28-11-5-6-12-29(28)32(36)37;;/h2-6,8-9,11-18,20,22H,7,10,19,21H2,1H3,(H2,33,36)(H,34,37);2-6,8-9,11-18,20,22H,7,10,19,21H2,1H3,(H,33,35)(H,36,37);2*1H4/t2*22-;;/m00../s1. The predicted molar refractivity (Wildman–Crippen MR) is 309 cm³/mol. The number of anilines is 2. The van der Waals surface area contributed by atoms with E-state index in [0.29, 0.717) is 22.3 Å². The van der Waals surface area contributed by atoms with Gasteiger partial charge in [0.1, 0.15) is 0 Å². The Balaban J connectivity index is 0.000000216. The summed E-state index contributed by atoms with van der Waals surface area (Å²) in [6, 6.07) is 62.8. The number of carbonyl (C=O) groups is 4. The molecule has 8 aromatic rings. The van der Waals surface area contributed by atoms with E-state index in [1.807, 2.05) is 153 Å². The van der Waals surface area contributed by atoms with Gasteiger partial charge in [-0.1, -0.05) is 160 Å². The molecule has 0 spiro atoms. The molecule has 0 bridgehead atoms. The number of aromatic carboxylic acids is 1. The molecule has 76 heavy (non-hydrogen) atoms. The van der Waals surface area contributed by atoms with Crippen molar-refractivity contribution in [2.75, 3.05) is 22.9 Å². The summed E-state index contributed by atoms with van der Waals surface area (Å²) >= 11 is 0. The Morgan fingerprint density at radius 1 is 0.500 bits per heavy atom. The van der Waals surface area contributed by atoms with E-state index in [1.165, 1.54) is 28.1 Å². The summed E-state index contributed by atoms with van der Waals surface area (Å²) in [5.41, 5.74) is 20.5. The van der Waals surface area contributed by atoms with E-state index in [4.69, 9.17) is 5.73 Å². The van der Waals surface area contributed by atoms with Crippen molar-refractivity contribution in [2.24, 2.45) is 5.73 Å². The molecule has 0 saturated carbocycles. The zero-order valence-electron chi connectivity index (χ0n) is 41.8. The van der Waals surface area contributed by atoms with Crippen molar-refractivity contribution < 1.29 is 24.3 Å². The molecule has 10 rings (SSSR count). The minimum atomic E-state index is -0.924. The van der Waals surface area contributed by atoms with Crippen molar-refractivity contribution in [3.63, 3.8) is 0 Å². The molecule has 8 aromatic carbocycles. The smallest absolute Gasteiger partial charge is 0.336 e. The molecule has 5 N–H and O–H groups in total. The Morgan fingerprint density at radius 3 is 1.29 bits per heavy atom. The zero-order valence-corrected chi connectivity index (χ0v) is 41.8. The minimum absolute atomic E-state index is 0. The Bertz CT molecular complexity index is 3050. The number of rotatable bonds is 14. The first-order valence-corrected chi connectivity index (χ1v) is 25.4. The normalized spacial score (nSPS) is 13.1. The molecule has 0 unspecified atom stereocenters. The van der Waals surface area contributed by atoms with Gasteiger partial charge in [0.15, 0.2) is 0 Å². The highest BCUT2D eigenvalue weighted by atomic mass is 16.4. The van der Waals surface area contributed by atoms with Crippen LogP contribution in [0.5, 0.6) is 0 Å². The van der Waals surface area contributed by atoms with E-state index in [1.54, 1.807) is 18.2 Å². The SMILES string of the molecule is C.C.C[C@H](NC(=O)c1ccc2c(c1)CCCN2Cc1ccc(-c2ccccc2C(=O)O)cc1)c1ccccc1.C[C@H](NC(=O)c1ccc2c(c1)CCCN2Cc1ccc(-c2ccccc2C(N)=O)cc1)c1ccccc1. The number of nitrogens with zero attached hydrogens (tertiary/aromatic N) is 2. The molecule has 0 radical (unpaired) electrons. The molecule has 0 fully saturated rings. The number of benzene rings is 8. The quantitative estimate of drug-likeness (QED) is 0.0849. The summed E-state index contributed by atoms with van der Waals surface area (Å²) in [5, 5.41) is 15.7. The molecular weight excluding hydrogens is 943 g/mol. The van der Waals surface area contributed by atoms with Crippen LogP contribution >= 0.6 is 0 Å². The predicted octanol–water partition coefficient (Wildman–Crippen LogP) is 13.7. The lowest BCUT2D eigenvalue weighted by atomic mass is 9.96. The monoisotopic (exact) mass is 1010 g/mol. The first kappa shape index (κ1) is 55.0. The third-order valence-corrected chi connectivity index (χ3v) is 14.0. The molecule has 10 heteroatoms. The number of carboxylic acids is 1. The molecule has 388 valence electrons.